The lowest BCUT2D eigenvalue weighted by molar-refractivity contribution is -0.455. The van der Waals surface area contributed by atoms with Gasteiger partial charge in [0, 0.05) is 94.7 Å². The molecule has 0 saturated heterocycles. The Labute approximate surface area is 495 Å². The van der Waals surface area contributed by atoms with Gasteiger partial charge in [-0.2, -0.15) is 0 Å². The molecule has 0 bridgehead atoms. The molecule has 36 heteroatoms. The number of allylic oxidation sites excluding steroid dienone is 18. The van der Waals surface area contributed by atoms with Crippen molar-refractivity contribution in [3.63, 3.8) is 0 Å². The van der Waals surface area contributed by atoms with Crippen molar-refractivity contribution in [1.82, 2.24) is 0 Å². The number of hydrogen-bond acceptors (Lipinski definition) is 0. The quantitative estimate of drug-likeness (QED) is 0.179. The highest BCUT2D eigenvalue weighted by Crippen LogP contribution is 3.16. The van der Waals surface area contributed by atoms with Crippen LogP contribution in [0.15, 0.2) is 83.6 Å². The van der Waals surface area contributed by atoms with Gasteiger partial charge in [-0.3, -0.25) is 0 Å². The van der Waals surface area contributed by atoms with E-state index in [0.717, 1.165) is 0 Å². The van der Waals surface area contributed by atoms with Gasteiger partial charge in [-0.1, -0.05) is 0 Å². The third kappa shape index (κ3) is 1.80. The minimum Gasteiger partial charge on any atom is -0.232 e. The number of benzene rings is 1. The lowest BCUT2D eigenvalue weighted by Gasteiger charge is -2.76. The predicted molar refractivity (Wildman–Crippen MR) is 224 cm³/mol. The molecular formula is C60F36. The summed E-state index contributed by atoms with van der Waals surface area (Å²) < 4.78 is 777. The van der Waals surface area contributed by atoms with Gasteiger partial charge in [-0.25, -0.2) is 158 Å². The lowest BCUT2D eigenvalue weighted by atomic mass is 9.31. The third-order valence-electron chi connectivity index (χ3n) is 34.2. The maximum Gasteiger partial charge on any atom is 0.235 e. The molecule has 1 aromatic rings. The van der Waals surface area contributed by atoms with Crippen molar-refractivity contribution >= 4 is 16.7 Å². The van der Waals surface area contributed by atoms with Crippen LogP contribution in [0.3, 0.4) is 0 Å². The largest absolute Gasteiger partial charge is 0.235 e. The third-order valence-corrected chi connectivity index (χ3v) is 34.2. The van der Waals surface area contributed by atoms with E-state index in [-0.39, 0.29) is 0 Å². The van der Waals surface area contributed by atoms with Crippen molar-refractivity contribution in [2.75, 3.05) is 0 Å². The molecule has 31 aliphatic rings. The first kappa shape index (κ1) is 49.8. The zero-order valence-corrected chi connectivity index (χ0v) is 43.6. The molecule has 1 aromatic carbocycles. The van der Waals surface area contributed by atoms with Crippen LogP contribution in [-0.4, -0.2) is 187 Å². The fraction of sp³-hybridized carbons (Fsp3) is 0.600. The van der Waals surface area contributed by atoms with Crippen molar-refractivity contribution in [2.24, 2.45) is 0 Å². The molecule has 14 fully saturated rings. The Hall–Kier alpha value is -5.64. The first-order valence-corrected chi connectivity index (χ1v) is 29.3. The molecule has 31 aliphatic carbocycles. The molecule has 0 heterocycles. The molecule has 36 unspecified atom stereocenters. The highest BCUT2D eigenvalue weighted by molar-refractivity contribution is 6.26. The Morgan fingerprint density at radius 3 is 1.09 bits per heavy atom. The molecule has 36 atom stereocenters. The van der Waals surface area contributed by atoms with Crippen LogP contribution in [-0.2, 0) is 17.0 Å². The molecule has 32 rings (SSSR count). The molecule has 492 valence electrons. The highest BCUT2D eigenvalue weighted by Gasteiger charge is 3.39. The average Bonchev–Trinajstić information content (AvgIpc) is 1.31. The summed E-state index contributed by atoms with van der Waals surface area (Å²) in [6.07, 6.45) is 0. The molecule has 0 aromatic heterocycles. The molecule has 0 nitrogen and oxygen atoms in total. The molecule has 96 heavy (non-hydrogen) atoms. The smallest absolute Gasteiger partial charge is 0.232 e. The number of halogens is 36. The average molecular weight is 1400 g/mol. The number of rotatable bonds is 0. The van der Waals surface area contributed by atoms with E-state index >= 15 is 158 Å². The van der Waals surface area contributed by atoms with Gasteiger partial charge in [-0.15, -0.1) is 0 Å². The minimum atomic E-state index is -9.47. The van der Waals surface area contributed by atoms with E-state index in [1.165, 1.54) is 0 Å². The van der Waals surface area contributed by atoms with Crippen LogP contribution in [0.5, 0.6) is 0 Å². The summed E-state index contributed by atoms with van der Waals surface area (Å²) in [6.45, 7) is 0. The van der Waals surface area contributed by atoms with Crippen LogP contribution in [0.4, 0.5) is 158 Å². The van der Waals surface area contributed by atoms with Gasteiger partial charge in [0.25, 0.3) is 0 Å². The molecule has 14 saturated carbocycles. The van der Waals surface area contributed by atoms with Gasteiger partial charge in [0.2, 0.25) is 198 Å². The summed E-state index contributed by atoms with van der Waals surface area (Å²) in [5, 5.41) is 0. The van der Waals surface area contributed by atoms with E-state index in [1.54, 1.807) is 0 Å². The van der Waals surface area contributed by atoms with E-state index in [1.807, 2.05) is 0 Å². The van der Waals surface area contributed by atoms with Crippen LogP contribution in [0.1, 0.15) is 33.4 Å². The minimum absolute atomic E-state index is 2.67. The summed E-state index contributed by atoms with van der Waals surface area (Å²) in [6, 6.07) is 0. The Morgan fingerprint density at radius 2 is 0.490 bits per heavy atom. The number of hydrogen-bond donors (Lipinski definition) is 0. The van der Waals surface area contributed by atoms with Crippen molar-refractivity contribution in [3.8, 4) is 0 Å². The van der Waals surface area contributed by atoms with Crippen LogP contribution >= 0.6 is 0 Å². The molecule has 0 N–H and O–H groups in total. The SMILES string of the molecule is FC12C3=C4C5=C6C7(F)C8=C4c4c3c3c9c%10c4C4(F)C8(F)C8(F)C%11=C%12C4(F)C%10(F)C4(F)C%10(F)C9(F)C9=C%13C%14(F)C(F)(C1=C93)C1(F)C2=C5C2(F)C3(F)C5=C9C%15=C%16C%17(F)C5(F)C(F)(C62F)C(F)(C78F)C%17(F)C%11(F)C2(F)C%16(F)C5(F)C%15(F)C(F)(C%13(F)C%10(F)C5(F)C4(F)C%122F)C%14(F)C9(F)C13F. The topological polar surface area (TPSA) is 0 Å². The lowest BCUT2D eigenvalue weighted by Crippen LogP contribution is -3.06. The van der Waals surface area contributed by atoms with Crippen molar-refractivity contribution < 1.29 is 158 Å². The molecule has 0 spiro atoms. The Bertz CT molecular complexity index is 5890. The molecular weight excluding hydrogens is 1400 g/mol. The maximum absolute atomic E-state index is 21.6. The Morgan fingerprint density at radius 1 is 0.135 bits per heavy atom. The van der Waals surface area contributed by atoms with Crippen molar-refractivity contribution in [3.05, 3.63) is 117 Å². The maximum atomic E-state index is 21.6. The molecule has 0 aliphatic heterocycles. The van der Waals surface area contributed by atoms with Gasteiger partial charge in [0.05, 0.1) is 0 Å². The van der Waals surface area contributed by atoms with Crippen molar-refractivity contribution in [1.29, 1.82) is 0 Å². The summed E-state index contributed by atoms with van der Waals surface area (Å²) in [7, 11) is 0. The summed E-state index contributed by atoms with van der Waals surface area (Å²) >= 11 is 0. The fourth-order valence-electron chi connectivity index (χ4n) is 34.0. The van der Waals surface area contributed by atoms with Crippen LogP contribution in [0, 0.1) is 0 Å². The summed E-state index contributed by atoms with van der Waals surface area (Å²) in [4.78, 5) is 0. The predicted octanol–water partition coefficient (Wildman–Crippen LogP) is 12.0. The van der Waals surface area contributed by atoms with Gasteiger partial charge < -0.3 is 0 Å². The second kappa shape index (κ2) is 8.75. The van der Waals surface area contributed by atoms with Crippen LogP contribution in [0.25, 0.3) is 16.7 Å². The zero-order valence-electron chi connectivity index (χ0n) is 43.6. The molecule has 0 radical (unpaired) electrons. The first-order valence-electron chi connectivity index (χ1n) is 29.3. The fourth-order valence-corrected chi connectivity index (χ4v) is 34.0. The van der Waals surface area contributed by atoms with E-state index in [2.05, 4.69) is 0 Å². The van der Waals surface area contributed by atoms with Gasteiger partial charge >= 0.3 is 0 Å². The van der Waals surface area contributed by atoms with E-state index in [9.17, 15) is 0 Å². The molecule has 0 amide bonds. The van der Waals surface area contributed by atoms with Gasteiger partial charge in [0.15, 0.2) is 5.67 Å². The van der Waals surface area contributed by atoms with Gasteiger partial charge in [-0.05, 0) is 39.0 Å². The summed E-state index contributed by atoms with van der Waals surface area (Å²) in [5.74, 6) is 0. The van der Waals surface area contributed by atoms with Gasteiger partial charge in [0.1, 0.15) is 0 Å². The number of alkyl halides is 36. The van der Waals surface area contributed by atoms with E-state index in [4.69, 9.17) is 0 Å². The summed E-state index contributed by atoms with van der Waals surface area (Å²) in [5.41, 5.74) is -404. The second-order valence-corrected chi connectivity index (χ2v) is 32.7. The zero-order chi connectivity index (χ0) is 67.9. The highest BCUT2D eigenvalue weighted by atomic mass is 19.3. The van der Waals surface area contributed by atoms with E-state index < -0.39 is 338 Å². The first-order chi connectivity index (χ1) is 43.4. The van der Waals surface area contributed by atoms with Crippen LogP contribution in [0.2, 0.25) is 0 Å². The normalized spacial score (nSPS) is 81.0. The Balaban J connectivity index is 1.08. The monoisotopic (exact) mass is 1400 g/mol. The van der Waals surface area contributed by atoms with Crippen LogP contribution < -0.4 is 0 Å². The Kier molecular flexibility index (Phi) is 4.54. The van der Waals surface area contributed by atoms with Crippen molar-refractivity contribution in [2.45, 2.75) is 204 Å². The second-order valence-electron chi connectivity index (χ2n) is 32.7. The van der Waals surface area contributed by atoms with E-state index in [0.29, 0.717) is 0 Å². The standard InChI is InChI=1S/C60F36/c61-25-8-1-2-5-4(8)7-12-19(25)37(73)33(69)16(25)6-3(1)9-13-10(2)28(64)34(70)17(5)27(63)18(7)36(72)29(12,65)38(74)21-14-15-22-41(77)40(21,76)54(36,90)59(95)47(27,83)42(34,78)24-23-35(28,71)30(13,66)56(92)48(84)26(9,62)11(6)20-39(33,75)51(87,31(14,67)49(37,38)85)52(88)32(15,68)53(89)43(22,79)50(86,45(24,81)55(41,59)91)46(23,82)58(56,94)60(53,96)57(48,93)44(20,52)80.